The number of rotatable bonds is 10. The van der Waals surface area contributed by atoms with Gasteiger partial charge in [-0.2, -0.15) is 0 Å². The number of benzene rings is 2. The molecule has 0 aliphatic heterocycles. The van der Waals surface area contributed by atoms with Crippen molar-refractivity contribution in [1.82, 2.24) is 20.0 Å². The van der Waals surface area contributed by atoms with Gasteiger partial charge in [-0.15, -0.1) is 0 Å². The fourth-order valence-corrected chi connectivity index (χ4v) is 4.42. The lowest BCUT2D eigenvalue weighted by atomic mass is 10.0. The summed E-state index contributed by atoms with van der Waals surface area (Å²) in [6, 6.07) is 16.4. The number of halogens is 1. The number of nitrogens with zero attached hydrogens (tertiary/aromatic N) is 2. The summed E-state index contributed by atoms with van der Waals surface area (Å²) in [5.74, 6) is -0.337. The summed E-state index contributed by atoms with van der Waals surface area (Å²) in [6.45, 7) is 7.36. The molecular formula is C30H33ClN4O4. The Labute approximate surface area is 233 Å². The summed E-state index contributed by atoms with van der Waals surface area (Å²) in [7, 11) is 0. The van der Waals surface area contributed by atoms with Crippen LogP contribution in [0, 0.1) is 6.92 Å². The maximum Gasteiger partial charge on any atom is 0.251 e. The molecular weight excluding hydrogens is 516 g/mol. The summed E-state index contributed by atoms with van der Waals surface area (Å²) in [5.41, 5.74) is 5.20. The van der Waals surface area contributed by atoms with Crippen molar-refractivity contribution in [3.63, 3.8) is 0 Å². The van der Waals surface area contributed by atoms with E-state index in [0.717, 1.165) is 28.0 Å². The van der Waals surface area contributed by atoms with Crippen molar-refractivity contribution in [1.29, 1.82) is 0 Å². The predicted octanol–water partition coefficient (Wildman–Crippen LogP) is 4.59. The SMILES string of the molecule is Cc1cccn2cc(-c3ccc(CC(CNC(=O)C(C)O)NC(=O)c4ccc(OC(C)C)c(Cl)c4)cc3)nc12. The topological polar surface area (TPSA) is 105 Å². The molecule has 0 spiro atoms. The van der Waals surface area contributed by atoms with E-state index in [1.54, 1.807) is 18.2 Å². The van der Waals surface area contributed by atoms with Crippen molar-refractivity contribution in [2.45, 2.75) is 52.4 Å². The second-order valence-electron chi connectivity index (χ2n) is 9.85. The zero-order valence-corrected chi connectivity index (χ0v) is 23.2. The largest absolute Gasteiger partial charge is 0.489 e. The predicted molar refractivity (Wildman–Crippen MR) is 152 cm³/mol. The number of hydrogen-bond donors (Lipinski definition) is 3. The highest BCUT2D eigenvalue weighted by atomic mass is 35.5. The lowest BCUT2D eigenvalue weighted by molar-refractivity contribution is -0.128. The van der Waals surface area contributed by atoms with Crippen LogP contribution < -0.4 is 15.4 Å². The minimum Gasteiger partial charge on any atom is -0.489 e. The summed E-state index contributed by atoms with van der Waals surface area (Å²) in [4.78, 5) is 29.8. The van der Waals surface area contributed by atoms with Gasteiger partial charge in [0.15, 0.2) is 0 Å². The third-order valence-electron chi connectivity index (χ3n) is 6.20. The number of hydrogen-bond acceptors (Lipinski definition) is 5. The van der Waals surface area contributed by atoms with Gasteiger partial charge in [0, 0.05) is 30.1 Å². The van der Waals surface area contributed by atoms with Crippen molar-refractivity contribution < 1.29 is 19.4 Å². The number of aliphatic hydroxyl groups excluding tert-OH is 1. The molecule has 0 aliphatic carbocycles. The van der Waals surface area contributed by atoms with Crippen LogP contribution in [-0.2, 0) is 11.2 Å². The first-order valence-corrected chi connectivity index (χ1v) is 13.2. The molecule has 4 rings (SSSR count). The number of fused-ring (bicyclic) bond motifs is 1. The van der Waals surface area contributed by atoms with E-state index < -0.39 is 18.1 Å². The minimum absolute atomic E-state index is 0.0488. The van der Waals surface area contributed by atoms with Crippen LogP contribution >= 0.6 is 11.6 Å². The van der Waals surface area contributed by atoms with Gasteiger partial charge in [0.2, 0.25) is 5.91 Å². The number of nitrogens with one attached hydrogen (secondary N) is 2. The highest BCUT2D eigenvalue weighted by Gasteiger charge is 2.19. The zero-order chi connectivity index (χ0) is 28.1. The molecule has 2 atom stereocenters. The van der Waals surface area contributed by atoms with E-state index in [1.165, 1.54) is 6.92 Å². The number of aryl methyl sites for hydroxylation is 1. The molecule has 0 saturated heterocycles. The fraction of sp³-hybridized carbons (Fsp3) is 0.300. The third kappa shape index (κ3) is 7.16. The molecule has 0 radical (unpaired) electrons. The van der Waals surface area contributed by atoms with E-state index in [-0.39, 0.29) is 18.6 Å². The summed E-state index contributed by atoms with van der Waals surface area (Å²) in [5, 5.41) is 15.6. The third-order valence-corrected chi connectivity index (χ3v) is 6.50. The molecule has 2 aromatic carbocycles. The molecule has 0 fully saturated rings. The lowest BCUT2D eigenvalue weighted by Gasteiger charge is -2.21. The van der Waals surface area contributed by atoms with E-state index in [1.807, 2.05) is 74.0 Å². The van der Waals surface area contributed by atoms with E-state index in [2.05, 4.69) is 10.6 Å². The standard InChI is InChI=1S/C30H33ClN4O4/c1-18(2)39-27-12-11-23(15-25(27)31)30(38)33-24(16-32-29(37)20(4)36)14-21-7-9-22(10-8-21)26-17-35-13-5-6-19(3)28(35)34-26/h5-13,15,17-18,20,24,36H,14,16H2,1-4H3,(H,32,37)(H,33,38). The molecule has 39 heavy (non-hydrogen) atoms. The number of aliphatic hydroxyl groups is 1. The average Bonchev–Trinajstić information content (AvgIpc) is 3.34. The van der Waals surface area contributed by atoms with Gasteiger partial charge < -0.3 is 24.9 Å². The van der Waals surface area contributed by atoms with Gasteiger partial charge >= 0.3 is 0 Å². The summed E-state index contributed by atoms with van der Waals surface area (Å²) < 4.78 is 7.65. The van der Waals surface area contributed by atoms with Gasteiger partial charge in [-0.05, 0) is 69.5 Å². The number of carbonyl (C=O) groups excluding carboxylic acids is 2. The van der Waals surface area contributed by atoms with Crippen LogP contribution in [0.1, 0.15) is 42.3 Å². The highest BCUT2D eigenvalue weighted by Crippen LogP contribution is 2.26. The van der Waals surface area contributed by atoms with Crippen LogP contribution in [0.25, 0.3) is 16.9 Å². The lowest BCUT2D eigenvalue weighted by Crippen LogP contribution is -2.46. The number of aromatic nitrogens is 2. The van der Waals surface area contributed by atoms with Gasteiger partial charge in [0.05, 0.1) is 22.9 Å². The molecule has 4 aromatic rings. The van der Waals surface area contributed by atoms with Crippen LogP contribution in [-0.4, -0.2) is 51.1 Å². The van der Waals surface area contributed by atoms with E-state index in [0.29, 0.717) is 22.8 Å². The molecule has 0 saturated carbocycles. The van der Waals surface area contributed by atoms with E-state index in [4.69, 9.17) is 21.3 Å². The van der Waals surface area contributed by atoms with Crippen molar-refractivity contribution in [3.05, 3.63) is 88.7 Å². The van der Waals surface area contributed by atoms with Crippen LogP contribution in [0.2, 0.25) is 5.02 Å². The smallest absolute Gasteiger partial charge is 0.251 e. The molecule has 9 heteroatoms. The van der Waals surface area contributed by atoms with Gasteiger partial charge in [-0.3, -0.25) is 9.59 Å². The zero-order valence-electron chi connectivity index (χ0n) is 22.4. The first-order valence-electron chi connectivity index (χ1n) is 12.9. The fourth-order valence-electron chi connectivity index (χ4n) is 4.19. The second kappa shape index (κ2) is 12.3. The first-order chi connectivity index (χ1) is 18.6. The molecule has 0 aliphatic rings. The first kappa shape index (κ1) is 28.1. The van der Waals surface area contributed by atoms with E-state index in [9.17, 15) is 14.7 Å². The number of ether oxygens (including phenoxy) is 1. The molecule has 2 aromatic heterocycles. The second-order valence-corrected chi connectivity index (χ2v) is 10.3. The molecule has 0 bridgehead atoms. The van der Waals surface area contributed by atoms with Crippen LogP contribution in [0.4, 0.5) is 0 Å². The van der Waals surface area contributed by atoms with Crippen LogP contribution in [0.3, 0.4) is 0 Å². The Kier molecular flexibility index (Phi) is 8.89. The number of carbonyl (C=O) groups is 2. The average molecular weight is 549 g/mol. The molecule has 2 heterocycles. The Bertz CT molecular complexity index is 1460. The van der Waals surface area contributed by atoms with E-state index >= 15 is 0 Å². The molecule has 204 valence electrons. The van der Waals surface area contributed by atoms with Gasteiger partial charge in [-0.25, -0.2) is 4.98 Å². The summed E-state index contributed by atoms with van der Waals surface area (Å²) >= 11 is 6.32. The normalized spacial score (nSPS) is 12.8. The number of amides is 2. The summed E-state index contributed by atoms with van der Waals surface area (Å²) in [6.07, 6.45) is 3.22. The molecule has 2 amide bonds. The van der Waals surface area contributed by atoms with Gasteiger partial charge in [0.1, 0.15) is 17.5 Å². The van der Waals surface area contributed by atoms with Gasteiger partial charge in [-0.1, -0.05) is 41.9 Å². The Morgan fingerprint density at radius 3 is 2.49 bits per heavy atom. The molecule has 2 unspecified atom stereocenters. The van der Waals surface area contributed by atoms with Crippen molar-refractivity contribution in [2.75, 3.05) is 6.54 Å². The van der Waals surface area contributed by atoms with Crippen molar-refractivity contribution >= 4 is 29.1 Å². The Morgan fingerprint density at radius 2 is 1.85 bits per heavy atom. The maximum atomic E-state index is 13.1. The number of imidazole rings is 1. The molecule has 3 N–H and O–H groups in total. The Morgan fingerprint density at radius 1 is 1.10 bits per heavy atom. The monoisotopic (exact) mass is 548 g/mol. The van der Waals surface area contributed by atoms with Crippen molar-refractivity contribution in [2.24, 2.45) is 0 Å². The highest BCUT2D eigenvalue weighted by molar-refractivity contribution is 6.32. The van der Waals surface area contributed by atoms with Crippen LogP contribution in [0.15, 0.2) is 67.0 Å². The number of pyridine rings is 1. The molecule has 8 nitrogen and oxygen atoms in total. The Balaban J connectivity index is 1.49. The van der Waals surface area contributed by atoms with Crippen LogP contribution in [0.5, 0.6) is 5.75 Å². The quantitative estimate of drug-likeness (QED) is 0.269. The maximum absolute atomic E-state index is 13.1. The van der Waals surface area contributed by atoms with Gasteiger partial charge in [0.25, 0.3) is 5.91 Å². The Hall–Kier alpha value is -3.88. The minimum atomic E-state index is -1.15. The van der Waals surface area contributed by atoms with Crippen molar-refractivity contribution in [3.8, 4) is 17.0 Å².